The summed E-state index contributed by atoms with van der Waals surface area (Å²) < 4.78 is 0. The van der Waals surface area contributed by atoms with E-state index in [0.29, 0.717) is 0 Å². The van der Waals surface area contributed by atoms with E-state index >= 15 is 0 Å². The largest absolute Gasteiger partial charge is 0.465 e. The van der Waals surface area contributed by atoms with Crippen LogP contribution in [-0.2, 0) is 0 Å². The van der Waals surface area contributed by atoms with E-state index in [-0.39, 0.29) is 0 Å². The molecule has 0 bridgehead atoms. The number of carbonyl (C=O) groups is 1. The van der Waals surface area contributed by atoms with Crippen LogP contribution in [0.2, 0.25) is 0 Å². The molecule has 60 valence electrons. The number of nitrogen functional groups attached to an aromatic ring is 1. The molecule has 0 spiro atoms. The minimum Gasteiger partial charge on any atom is -0.465 e. The summed E-state index contributed by atoms with van der Waals surface area (Å²) in [5, 5.41) is 7.19. The highest BCUT2D eigenvalue weighted by Crippen LogP contribution is 1.95. The van der Waals surface area contributed by atoms with Crippen LogP contribution in [0.4, 0.5) is 10.5 Å². The Kier molecular flexibility index (Phi) is 4.31. The second kappa shape index (κ2) is 5.10. The van der Waals surface area contributed by atoms with Crippen molar-refractivity contribution in [3.63, 3.8) is 0 Å². The number of rotatable bonds is 0. The molecule has 0 fully saturated rings. The molecule has 1 aromatic rings. The van der Waals surface area contributed by atoms with Crippen molar-refractivity contribution in [1.29, 1.82) is 0 Å². The molecule has 0 atom stereocenters. The standard InChI is InChI=1S/C6H7N.CH3NO2/c7-6-4-2-1-3-5-6;2-1(3)4/h1-5H,7H2;2H2,(H,3,4). The van der Waals surface area contributed by atoms with Gasteiger partial charge in [-0.15, -0.1) is 0 Å². The molecule has 1 amide bonds. The molecule has 0 unspecified atom stereocenters. The van der Waals surface area contributed by atoms with E-state index in [1.54, 1.807) is 0 Å². The fraction of sp³-hybridized carbons (Fsp3) is 0. The molecule has 11 heavy (non-hydrogen) atoms. The van der Waals surface area contributed by atoms with E-state index in [9.17, 15) is 0 Å². The summed E-state index contributed by atoms with van der Waals surface area (Å²) in [5.74, 6) is 0. The van der Waals surface area contributed by atoms with Crippen LogP contribution in [0, 0.1) is 0 Å². The molecule has 4 heteroatoms. The molecule has 0 radical (unpaired) electrons. The quantitative estimate of drug-likeness (QED) is 0.485. The predicted molar refractivity (Wildman–Crippen MR) is 43.1 cm³/mol. The van der Waals surface area contributed by atoms with Gasteiger partial charge in [0.2, 0.25) is 0 Å². The number of para-hydroxylation sites is 1. The van der Waals surface area contributed by atoms with Crippen molar-refractivity contribution in [2.24, 2.45) is 5.73 Å². The van der Waals surface area contributed by atoms with Crippen LogP contribution in [0.15, 0.2) is 30.3 Å². The summed E-state index contributed by atoms with van der Waals surface area (Å²) in [4.78, 5) is 8.78. The second-order valence-electron chi connectivity index (χ2n) is 1.75. The first-order chi connectivity index (χ1) is 5.13. The lowest BCUT2D eigenvalue weighted by Gasteiger charge is -1.83. The molecule has 1 rings (SSSR count). The predicted octanol–water partition coefficient (Wildman–Crippen LogP) is 0.892. The molecule has 4 nitrogen and oxygen atoms in total. The Morgan fingerprint density at radius 2 is 1.64 bits per heavy atom. The van der Waals surface area contributed by atoms with Gasteiger partial charge >= 0.3 is 6.09 Å². The Bertz CT molecular complexity index is 207. The van der Waals surface area contributed by atoms with E-state index in [2.05, 4.69) is 5.73 Å². The topological polar surface area (TPSA) is 89.3 Å². The van der Waals surface area contributed by atoms with Crippen molar-refractivity contribution >= 4 is 11.8 Å². The molecule has 0 aliphatic heterocycles. The minimum atomic E-state index is -1.33. The van der Waals surface area contributed by atoms with Gasteiger partial charge in [-0.1, -0.05) is 18.2 Å². The maximum atomic E-state index is 8.78. The number of benzene rings is 1. The van der Waals surface area contributed by atoms with Crippen LogP contribution in [0.1, 0.15) is 0 Å². The van der Waals surface area contributed by atoms with Gasteiger partial charge in [-0.3, -0.25) is 0 Å². The smallest absolute Gasteiger partial charge is 0.402 e. The fourth-order valence-electron chi connectivity index (χ4n) is 0.453. The molecule has 0 aliphatic rings. The molecule has 0 saturated heterocycles. The number of carboxylic acid groups (broad SMARTS) is 1. The second-order valence-corrected chi connectivity index (χ2v) is 1.75. The van der Waals surface area contributed by atoms with Gasteiger partial charge in [0.1, 0.15) is 0 Å². The van der Waals surface area contributed by atoms with E-state index in [1.807, 2.05) is 30.3 Å². The van der Waals surface area contributed by atoms with Crippen molar-refractivity contribution in [3.05, 3.63) is 30.3 Å². The summed E-state index contributed by atoms with van der Waals surface area (Å²) in [5.41, 5.74) is 10.2. The van der Waals surface area contributed by atoms with Gasteiger partial charge in [-0.2, -0.15) is 0 Å². The lowest BCUT2D eigenvalue weighted by atomic mass is 10.3. The first-order valence-electron chi connectivity index (χ1n) is 2.92. The zero-order chi connectivity index (χ0) is 8.69. The molecule has 0 saturated carbocycles. The molecular weight excluding hydrogens is 144 g/mol. The average Bonchev–Trinajstić information content (AvgIpc) is 1.87. The van der Waals surface area contributed by atoms with Crippen LogP contribution in [0.25, 0.3) is 0 Å². The van der Waals surface area contributed by atoms with Crippen molar-refractivity contribution in [1.82, 2.24) is 0 Å². The maximum absolute atomic E-state index is 8.78. The highest BCUT2D eigenvalue weighted by molar-refractivity contribution is 5.61. The maximum Gasteiger partial charge on any atom is 0.402 e. The van der Waals surface area contributed by atoms with E-state index in [4.69, 9.17) is 15.6 Å². The molecule has 0 aromatic heterocycles. The zero-order valence-corrected chi connectivity index (χ0v) is 5.90. The fourth-order valence-corrected chi connectivity index (χ4v) is 0.453. The van der Waals surface area contributed by atoms with Crippen molar-refractivity contribution in [3.8, 4) is 0 Å². The van der Waals surface area contributed by atoms with Crippen LogP contribution in [0.3, 0.4) is 0 Å². The number of anilines is 1. The van der Waals surface area contributed by atoms with Gasteiger partial charge < -0.3 is 16.6 Å². The highest BCUT2D eigenvalue weighted by Gasteiger charge is 1.72. The molecule has 1 aromatic carbocycles. The Hall–Kier alpha value is -1.71. The molecular formula is C7H10N2O2. The van der Waals surface area contributed by atoms with Gasteiger partial charge in [0, 0.05) is 5.69 Å². The molecule has 0 aliphatic carbocycles. The number of hydrogen-bond donors (Lipinski definition) is 3. The molecule has 5 N–H and O–H groups in total. The number of hydrogen-bond acceptors (Lipinski definition) is 2. The third kappa shape index (κ3) is 8.29. The van der Waals surface area contributed by atoms with Gasteiger partial charge in [0.15, 0.2) is 0 Å². The summed E-state index contributed by atoms with van der Waals surface area (Å²) in [6, 6.07) is 9.49. The van der Waals surface area contributed by atoms with Crippen molar-refractivity contribution < 1.29 is 9.90 Å². The third-order valence-corrected chi connectivity index (χ3v) is 0.800. The Balaban J connectivity index is 0.000000218. The van der Waals surface area contributed by atoms with E-state index in [1.165, 1.54) is 0 Å². The van der Waals surface area contributed by atoms with Gasteiger partial charge in [0.25, 0.3) is 0 Å². The third-order valence-electron chi connectivity index (χ3n) is 0.800. The zero-order valence-electron chi connectivity index (χ0n) is 5.90. The first kappa shape index (κ1) is 9.29. The normalized spacial score (nSPS) is 7.64. The Labute approximate surface area is 64.4 Å². The van der Waals surface area contributed by atoms with Crippen LogP contribution in [0.5, 0.6) is 0 Å². The summed E-state index contributed by atoms with van der Waals surface area (Å²) in [6.07, 6.45) is -1.33. The van der Waals surface area contributed by atoms with E-state index < -0.39 is 6.09 Å². The summed E-state index contributed by atoms with van der Waals surface area (Å²) in [7, 11) is 0. The van der Waals surface area contributed by atoms with Gasteiger partial charge in [-0.05, 0) is 12.1 Å². The number of amides is 1. The van der Waals surface area contributed by atoms with Crippen molar-refractivity contribution in [2.75, 3.05) is 5.73 Å². The highest BCUT2D eigenvalue weighted by atomic mass is 16.4. The van der Waals surface area contributed by atoms with Crippen LogP contribution >= 0.6 is 0 Å². The van der Waals surface area contributed by atoms with Crippen LogP contribution in [-0.4, -0.2) is 11.2 Å². The van der Waals surface area contributed by atoms with E-state index in [0.717, 1.165) is 5.69 Å². The van der Waals surface area contributed by atoms with Crippen LogP contribution < -0.4 is 11.5 Å². The summed E-state index contributed by atoms with van der Waals surface area (Å²) >= 11 is 0. The van der Waals surface area contributed by atoms with Crippen molar-refractivity contribution in [2.45, 2.75) is 0 Å². The Morgan fingerprint density at radius 1 is 1.27 bits per heavy atom. The first-order valence-corrected chi connectivity index (χ1v) is 2.92. The monoisotopic (exact) mass is 154 g/mol. The lowest BCUT2D eigenvalue weighted by Crippen LogP contribution is -2.03. The SMILES string of the molecule is NC(=O)O.Nc1ccccc1. The van der Waals surface area contributed by atoms with Gasteiger partial charge in [0.05, 0.1) is 0 Å². The number of primary amides is 1. The number of nitrogens with two attached hydrogens (primary N) is 2. The lowest BCUT2D eigenvalue weighted by molar-refractivity contribution is 0.205. The minimum absolute atomic E-state index is 0.822. The Morgan fingerprint density at radius 3 is 1.82 bits per heavy atom. The molecule has 0 heterocycles. The van der Waals surface area contributed by atoms with Gasteiger partial charge in [-0.25, -0.2) is 4.79 Å². The summed E-state index contributed by atoms with van der Waals surface area (Å²) in [6.45, 7) is 0. The average molecular weight is 154 g/mol.